The van der Waals surface area contributed by atoms with E-state index in [0.29, 0.717) is 43.2 Å². The van der Waals surface area contributed by atoms with E-state index in [-0.39, 0.29) is 37.0 Å². The average molecular weight is 688 g/mol. The smallest absolute Gasteiger partial charge is 0.261 e. The molecule has 4 aromatic rings. The van der Waals surface area contributed by atoms with Gasteiger partial charge in [-0.1, -0.05) is 54.6 Å². The molecule has 1 fully saturated rings. The number of rotatable bonds is 15. The van der Waals surface area contributed by atoms with Gasteiger partial charge in [0.15, 0.2) is 6.61 Å². The Bertz CT molecular complexity index is 1760. The predicted molar refractivity (Wildman–Crippen MR) is 184 cm³/mol. The maximum absolute atomic E-state index is 14.0. The van der Waals surface area contributed by atoms with E-state index in [4.69, 9.17) is 18.9 Å². The van der Waals surface area contributed by atoms with E-state index in [1.165, 1.54) is 33.5 Å². The van der Waals surface area contributed by atoms with Crippen molar-refractivity contribution in [2.45, 2.75) is 23.9 Å². The highest BCUT2D eigenvalue weighted by Gasteiger charge is 2.32. The van der Waals surface area contributed by atoms with Gasteiger partial charge < -0.3 is 29.2 Å². The molecule has 0 bridgehead atoms. The molecule has 1 heterocycles. The molecule has 4 aromatic carbocycles. The summed E-state index contributed by atoms with van der Waals surface area (Å²) in [4.78, 5) is 29.6. The Kier molecular flexibility index (Phi) is 12.3. The number of sulfonamides is 1. The van der Waals surface area contributed by atoms with Crippen LogP contribution in [-0.4, -0.2) is 83.1 Å². The Morgan fingerprint density at radius 2 is 1.37 bits per heavy atom. The summed E-state index contributed by atoms with van der Waals surface area (Å²) in [5.74, 6) is 0.971. The van der Waals surface area contributed by atoms with Crippen molar-refractivity contribution in [3.63, 3.8) is 0 Å². The molecule has 1 aliphatic rings. The first-order valence-corrected chi connectivity index (χ1v) is 17.4. The maximum atomic E-state index is 14.0. The molecule has 0 aromatic heterocycles. The monoisotopic (exact) mass is 687 g/mol. The summed E-state index contributed by atoms with van der Waals surface area (Å²) in [7, 11) is -0.492. The number of hydrogen-bond acceptors (Lipinski definition) is 8. The number of hydrogen-bond donors (Lipinski definition) is 1. The topological polar surface area (TPSA) is 124 Å². The van der Waals surface area contributed by atoms with E-state index in [2.05, 4.69) is 5.32 Å². The van der Waals surface area contributed by atoms with Gasteiger partial charge in [-0.2, -0.15) is 4.31 Å². The van der Waals surface area contributed by atoms with Crippen molar-refractivity contribution in [1.29, 1.82) is 0 Å². The number of nitrogens with one attached hydrogen (secondary N) is 1. The molecule has 12 heteroatoms. The lowest BCUT2D eigenvalue weighted by Gasteiger charge is -2.31. The highest BCUT2D eigenvalue weighted by molar-refractivity contribution is 7.89. The number of benzene rings is 4. The van der Waals surface area contributed by atoms with Gasteiger partial charge in [0.05, 0.1) is 32.3 Å². The summed E-state index contributed by atoms with van der Waals surface area (Å²) >= 11 is 0. The predicted octanol–water partition coefficient (Wildman–Crippen LogP) is 4.23. The first kappa shape index (κ1) is 35.4. The highest BCUT2D eigenvalue weighted by Crippen LogP contribution is 2.26. The largest absolute Gasteiger partial charge is 0.497 e. The number of morpholine rings is 1. The Hall–Kier alpha value is -4.91. The maximum Gasteiger partial charge on any atom is 0.261 e. The molecule has 49 heavy (non-hydrogen) atoms. The zero-order valence-corrected chi connectivity index (χ0v) is 28.4. The molecular formula is C37H41N3O8S. The van der Waals surface area contributed by atoms with Crippen LogP contribution in [0.3, 0.4) is 0 Å². The van der Waals surface area contributed by atoms with Crippen molar-refractivity contribution in [3.05, 3.63) is 120 Å². The van der Waals surface area contributed by atoms with Crippen LogP contribution in [0, 0.1) is 0 Å². The van der Waals surface area contributed by atoms with E-state index in [1.807, 2.05) is 66.7 Å². The second-order valence-corrected chi connectivity index (χ2v) is 13.3. The third-order valence-corrected chi connectivity index (χ3v) is 10.1. The molecule has 11 nitrogen and oxygen atoms in total. The standard InChI is InChI=1S/C37H41N3O8S/c1-45-31-12-8-28(9-13-31)20-21-38-37(42)36(30-6-4-3-5-7-30)40(26-29-10-14-32(46-2)15-11-29)35(41)27-48-33-16-18-34(19-17-33)49(43,44)39-22-24-47-25-23-39/h3-19,36H,20-27H2,1-2H3,(H,38,42)/t36-/m0/s1. The van der Waals surface area contributed by atoms with E-state index in [1.54, 1.807) is 26.4 Å². The fraction of sp³-hybridized carbons (Fsp3) is 0.297. The Labute approximate surface area is 287 Å². The first-order valence-electron chi connectivity index (χ1n) is 16.0. The van der Waals surface area contributed by atoms with Gasteiger partial charge in [0, 0.05) is 26.2 Å². The van der Waals surface area contributed by atoms with E-state index in [9.17, 15) is 18.0 Å². The van der Waals surface area contributed by atoms with E-state index < -0.39 is 22.0 Å². The molecule has 1 atom stereocenters. The molecule has 1 aliphatic heterocycles. The number of nitrogens with zero attached hydrogens (tertiary/aromatic N) is 2. The molecule has 0 spiro atoms. The molecule has 0 saturated carbocycles. The number of amides is 2. The Balaban J connectivity index is 1.34. The van der Waals surface area contributed by atoms with Gasteiger partial charge in [-0.15, -0.1) is 0 Å². The lowest BCUT2D eigenvalue weighted by molar-refractivity contribution is -0.143. The number of ether oxygens (including phenoxy) is 4. The summed E-state index contributed by atoms with van der Waals surface area (Å²) in [6, 6.07) is 29.1. The third-order valence-electron chi connectivity index (χ3n) is 8.17. The van der Waals surface area contributed by atoms with Gasteiger partial charge >= 0.3 is 0 Å². The van der Waals surface area contributed by atoms with Crippen molar-refractivity contribution in [3.8, 4) is 17.2 Å². The van der Waals surface area contributed by atoms with Gasteiger partial charge in [-0.3, -0.25) is 9.59 Å². The number of carbonyl (C=O) groups is 2. The normalized spacial score (nSPS) is 14.0. The molecular weight excluding hydrogens is 646 g/mol. The minimum absolute atomic E-state index is 0.119. The van der Waals surface area contributed by atoms with Gasteiger partial charge in [0.2, 0.25) is 15.9 Å². The molecule has 0 aliphatic carbocycles. The van der Waals surface area contributed by atoms with Crippen LogP contribution in [0.25, 0.3) is 0 Å². The fourth-order valence-corrected chi connectivity index (χ4v) is 6.86. The van der Waals surface area contributed by atoms with Gasteiger partial charge in [-0.25, -0.2) is 8.42 Å². The third kappa shape index (κ3) is 9.38. The molecule has 2 amide bonds. The van der Waals surface area contributed by atoms with E-state index >= 15 is 0 Å². The minimum Gasteiger partial charge on any atom is -0.497 e. The van der Waals surface area contributed by atoms with Crippen LogP contribution in [-0.2, 0) is 37.3 Å². The fourth-order valence-electron chi connectivity index (χ4n) is 5.45. The van der Waals surface area contributed by atoms with Crippen molar-refractivity contribution in [1.82, 2.24) is 14.5 Å². The van der Waals surface area contributed by atoms with Crippen molar-refractivity contribution >= 4 is 21.8 Å². The summed E-state index contributed by atoms with van der Waals surface area (Å²) in [5, 5.41) is 3.03. The molecule has 258 valence electrons. The van der Waals surface area contributed by atoms with Crippen LogP contribution in [0.2, 0.25) is 0 Å². The highest BCUT2D eigenvalue weighted by atomic mass is 32.2. The van der Waals surface area contributed by atoms with Crippen LogP contribution < -0.4 is 19.5 Å². The Morgan fingerprint density at radius 1 is 0.796 bits per heavy atom. The molecule has 0 unspecified atom stereocenters. The second-order valence-electron chi connectivity index (χ2n) is 11.3. The van der Waals surface area contributed by atoms with E-state index in [0.717, 1.165) is 16.9 Å². The molecule has 5 rings (SSSR count). The van der Waals surface area contributed by atoms with Crippen LogP contribution in [0.5, 0.6) is 17.2 Å². The second kappa shape index (κ2) is 17.0. The summed E-state index contributed by atoms with van der Waals surface area (Å²) < 4.78 is 49.2. The Morgan fingerprint density at radius 3 is 1.96 bits per heavy atom. The lowest BCUT2D eigenvalue weighted by Crippen LogP contribution is -2.45. The SMILES string of the molecule is COc1ccc(CCNC(=O)[C@H](c2ccccc2)N(Cc2ccc(OC)cc2)C(=O)COc2ccc(S(=O)(=O)N3CCOCC3)cc2)cc1. The van der Waals surface area contributed by atoms with Crippen molar-refractivity contribution < 1.29 is 37.0 Å². The molecule has 1 N–H and O–H groups in total. The average Bonchev–Trinajstić information content (AvgIpc) is 3.15. The quantitative estimate of drug-likeness (QED) is 0.197. The van der Waals surface area contributed by atoms with Crippen LogP contribution >= 0.6 is 0 Å². The van der Waals surface area contributed by atoms with Crippen LogP contribution in [0.15, 0.2) is 108 Å². The van der Waals surface area contributed by atoms with Crippen LogP contribution in [0.4, 0.5) is 0 Å². The zero-order valence-electron chi connectivity index (χ0n) is 27.6. The lowest BCUT2D eigenvalue weighted by atomic mass is 10.0. The number of carbonyl (C=O) groups excluding carboxylic acids is 2. The minimum atomic E-state index is -3.68. The summed E-state index contributed by atoms with van der Waals surface area (Å²) in [6.07, 6.45) is 0.587. The summed E-state index contributed by atoms with van der Waals surface area (Å²) in [6.45, 7) is 1.37. The summed E-state index contributed by atoms with van der Waals surface area (Å²) in [5.41, 5.74) is 2.46. The first-order chi connectivity index (χ1) is 23.8. The van der Waals surface area contributed by atoms with Gasteiger partial charge in [0.25, 0.3) is 5.91 Å². The van der Waals surface area contributed by atoms with Gasteiger partial charge in [-0.05, 0) is 71.6 Å². The zero-order chi connectivity index (χ0) is 34.6. The van der Waals surface area contributed by atoms with Crippen molar-refractivity contribution in [2.24, 2.45) is 0 Å². The molecule has 1 saturated heterocycles. The van der Waals surface area contributed by atoms with Gasteiger partial charge in [0.1, 0.15) is 23.3 Å². The molecule has 0 radical (unpaired) electrons. The van der Waals surface area contributed by atoms with Crippen molar-refractivity contribution in [2.75, 3.05) is 53.7 Å². The number of methoxy groups -OCH3 is 2. The van der Waals surface area contributed by atoms with Crippen LogP contribution in [0.1, 0.15) is 22.7 Å².